The van der Waals surface area contributed by atoms with Gasteiger partial charge < -0.3 is 5.11 Å². The van der Waals surface area contributed by atoms with Crippen LogP contribution in [-0.2, 0) is 5.60 Å². The number of benzene rings is 1. The van der Waals surface area contributed by atoms with Gasteiger partial charge in [0.25, 0.3) is 0 Å². The molecule has 0 spiro atoms. The fraction of sp³-hybridized carbons (Fsp3) is 0.533. The number of hydrogen-bond donors (Lipinski definition) is 1. The third kappa shape index (κ3) is 1.91. The molecule has 1 fully saturated rings. The Labute approximate surface area is 107 Å². The molecule has 1 aromatic carbocycles. The van der Waals surface area contributed by atoms with Crippen molar-refractivity contribution in [3.05, 3.63) is 35.6 Å². The minimum absolute atomic E-state index is 0.333. The van der Waals surface area contributed by atoms with Gasteiger partial charge in [-0.2, -0.15) is 5.26 Å². The van der Waals surface area contributed by atoms with E-state index < -0.39 is 11.0 Å². The normalized spacial score (nSPS) is 30.7. The summed E-state index contributed by atoms with van der Waals surface area (Å²) < 4.78 is 12.9. The quantitative estimate of drug-likeness (QED) is 0.870. The van der Waals surface area contributed by atoms with E-state index in [4.69, 9.17) is 0 Å². The first-order valence-corrected chi connectivity index (χ1v) is 6.31. The van der Waals surface area contributed by atoms with Crippen LogP contribution in [0.3, 0.4) is 0 Å². The lowest BCUT2D eigenvalue weighted by Crippen LogP contribution is -2.41. The van der Waals surface area contributed by atoms with Gasteiger partial charge in [0.1, 0.15) is 11.4 Å². The van der Waals surface area contributed by atoms with Crippen LogP contribution in [-0.4, -0.2) is 5.11 Å². The van der Waals surface area contributed by atoms with Gasteiger partial charge >= 0.3 is 0 Å². The molecule has 0 amide bonds. The van der Waals surface area contributed by atoms with Crippen molar-refractivity contribution in [1.82, 2.24) is 0 Å². The van der Waals surface area contributed by atoms with Gasteiger partial charge in [-0.15, -0.1) is 0 Å². The van der Waals surface area contributed by atoms with Crippen molar-refractivity contribution >= 4 is 0 Å². The molecule has 96 valence electrons. The standard InChI is InChI=1S/C15H18FNO/c1-11-7-8-15(9-11,10-17)14(2,18)12-3-5-13(16)6-4-12/h3-6,11,18H,7-9H2,1-2H3. The van der Waals surface area contributed by atoms with Crippen molar-refractivity contribution in [2.75, 3.05) is 0 Å². The van der Waals surface area contributed by atoms with Crippen molar-refractivity contribution < 1.29 is 9.50 Å². The summed E-state index contributed by atoms with van der Waals surface area (Å²) in [6.07, 6.45) is 2.33. The Morgan fingerprint density at radius 3 is 2.50 bits per heavy atom. The highest BCUT2D eigenvalue weighted by Crippen LogP contribution is 2.52. The highest BCUT2D eigenvalue weighted by Gasteiger charge is 2.52. The lowest BCUT2D eigenvalue weighted by molar-refractivity contribution is -0.0439. The molecule has 0 radical (unpaired) electrons. The summed E-state index contributed by atoms with van der Waals surface area (Å²) in [5, 5.41) is 20.3. The second kappa shape index (κ2) is 4.37. The first-order chi connectivity index (χ1) is 8.41. The fourth-order valence-corrected chi connectivity index (χ4v) is 3.00. The number of hydrogen-bond acceptors (Lipinski definition) is 2. The summed E-state index contributed by atoms with van der Waals surface area (Å²) in [7, 11) is 0. The van der Waals surface area contributed by atoms with Crippen LogP contribution in [0, 0.1) is 28.5 Å². The van der Waals surface area contributed by atoms with E-state index in [0.717, 1.165) is 6.42 Å². The van der Waals surface area contributed by atoms with E-state index in [2.05, 4.69) is 13.0 Å². The van der Waals surface area contributed by atoms with Gasteiger partial charge in [0, 0.05) is 0 Å². The molecule has 3 heteroatoms. The zero-order valence-electron chi connectivity index (χ0n) is 10.8. The smallest absolute Gasteiger partial charge is 0.123 e. The number of nitrogens with zero attached hydrogens (tertiary/aromatic N) is 1. The minimum Gasteiger partial charge on any atom is -0.384 e. The van der Waals surface area contributed by atoms with Crippen molar-refractivity contribution in [2.24, 2.45) is 11.3 Å². The van der Waals surface area contributed by atoms with Crippen molar-refractivity contribution in [3.63, 3.8) is 0 Å². The van der Waals surface area contributed by atoms with Gasteiger partial charge in [0.05, 0.1) is 11.5 Å². The molecule has 0 bridgehead atoms. The summed E-state index contributed by atoms with van der Waals surface area (Å²) in [5.74, 6) is 0.108. The third-order valence-corrected chi connectivity index (χ3v) is 4.31. The molecular weight excluding hydrogens is 229 g/mol. The van der Waals surface area contributed by atoms with Gasteiger partial charge in [-0.05, 0) is 49.8 Å². The maximum absolute atomic E-state index is 12.9. The monoisotopic (exact) mass is 247 g/mol. The SMILES string of the molecule is CC1CCC(C#N)(C(C)(O)c2ccc(F)cc2)C1. The molecule has 3 atom stereocenters. The van der Waals surface area contributed by atoms with Crippen LogP contribution in [0.4, 0.5) is 4.39 Å². The van der Waals surface area contributed by atoms with E-state index >= 15 is 0 Å². The van der Waals surface area contributed by atoms with Gasteiger partial charge in [-0.3, -0.25) is 0 Å². The minimum atomic E-state index is -1.24. The number of aliphatic hydroxyl groups is 1. The van der Waals surface area contributed by atoms with Crippen LogP contribution in [0.5, 0.6) is 0 Å². The Morgan fingerprint density at radius 2 is 2.06 bits per heavy atom. The van der Waals surface area contributed by atoms with Crippen LogP contribution in [0.2, 0.25) is 0 Å². The lowest BCUT2D eigenvalue weighted by atomic mass is 9.68. The largest absolute Gasteiger partial charge is 0.384 e. The molecule has 1 N–H and O–H groups in total. The molecule has 1 aliphatic rings. The molecule has 3 unspecified atom stereocenters. The lowest BCUT2D eigenvalue weighted by Gasteiger charge is -2.38. The van der Waals surface area contributed by atoms with E-state index in [0.29, 0.717) is 24.3 Å². The molecule has 1 saturated carbocycles. The van der Waals surface area contributed by atoms with E-state index in [9.17, 15) is 14.8 Å². The Hall–Kier alpha value is -1.40. The zero-order chi connectivity index (χ0) is 13.4. The number of halogens is 1. The highest BCUT2D eigenvalue weighted by molar-refractivity contribution is 5.29. The van der Waals surface area contributed by atoms with Crippen molar-refractivity contribution in [1.29, 1.82) is 5.26 Å². The Balaban J connectivity index is 2.41. The molecule has 2 nitrogen and oxygen atoms in total. The van der Waals surface area contributed by atoms with Crippen LogP contribution in [0.15, 0.2) is 24.3 Å². The fourth-order valence-electron chi connectivity index (χ4n) is 3.00. The molecule has 0 aliphatic heterocycles. The first-order valence-electron chi connectivity index (χ1n) is 6.31. The van der Waals surface area contributed by atoms with E-state index in [1.807, 2.05) is 0 Å². The number of rotatable bonds is 2. The molecule has 1 aromatic rings. The van der Waals surface area contributed by atoms with Gasteiger partial charge in [-0.25, -0.2) is 4.39 Å². The summed E-state index contributed by atoms with van der Waals surface area (Å²) >= 11 is 0. The van der Waals surface area contributed by atoms with Crippen LogP contribution in [0.1, 0.15) is 38.7 Å². The van der Waals surface area contributed by atoms with Crippen LogP contribution in [0.25, 0.3) is 0 Å². The highest BCUT2D eigenvalue weighted by atomic mass is 19.1. The number of nitriles is 1. The van der Waals surface area contributed by atoms with E-state index in [1.54, 1.807) is 19.1 Å². The second-order valence-corrected chi connectivity index (χ2v) is 5.62. The van der Waals surface area contributed by atoms with Crippen molar-refractivity contribution in [2.45, 2.75) is 38.7 Å². The Bertz CT molecular complexity index is 474. The molecule has 18 heavy (non-hydrogen) atoms. The summed E-state index contributed by atoms with van der Waals surface area (Å²) in [6.45, 7) is 3.77. The maximum atomic E-state index is 12.9. The molecular formula is C15H18FNO. The predicted octanol–water partition coefficient (Wildman–Crippen LogP) is 3.36. The van der Waals surface area contributed by atoms with Gasteiger partial charge in [0.2, 0.25) is 0 Å². The van der Waals surface area contributed by atoms with Crippen LogP contribution < -0.4 is 0 Å². The molecule has 0 saturated heterocycles. The summed E-state index contributed by atoms with van der Waals surface area (Å²) in [4.78, 5) is 0. The first kappa shape index (κ1) is 13.0. The molecule has 0 heterocycles. The average molecular weight is 247 g/mol. The third-order valence-electron chi connectivity index (χ3n) is 4.31. The predicted molar refractivity (Wildman–Crippen MR) is 67.0 cm³/mol. The van der Waals surface area contributed by atoms with Gasteiger partial charge in [0.15, 0.2) is 0 Å². The molecule has 0 aromatic heterocycles. The van der Waals surface area contributed by atoms with E-state index in [-0.39, 0.29) is 5.82 Å². The van der Waals surface area contributed by atoms with Gasteiger partial charge in [-0.1, -0.05) is 19.1 Å². The topological polar surface area (TPSA) is 44.0 Å². The molecule has 1 aliphatic carbocycles. The zero-order valence-corrected chi connectivity index (χ0v) is 10.8. The van der Waals surface area contributed by atoms with Crippen LogP contribution >= 0.6 is 0 Å². The summed E-state index contributed by atoms with van der Waals surface area (Å²) in [5.41, 5.74) is -1.38. The van der Waals surface area contributed by atoms with E-state index in [1.165, 1.54) is 12.1 Å². The Kier molecular flexibility index (Phi) is 3.16. The second-order valence-electron chi connectivity index (χ2n) is 5.62. The Morgan fingerprint density at radius 1 is 1.44 bits per heavy atom. The van der Waals surface area contributed by atoms with Crippen molar-refractivity contribution in [3.8, 4) is 6.07 Å². The summed E-state index contributed by atoms with van der Waals surface area (Å²) in [6, 6.07) is 8.10. The maximum Gasteiger partial charge on any atom is 0.123 e. The molecule has 2 rings (SSSR count). The average Bonchev–Trinajstić information content (AvgIpc) is 2.73.